The van der Waals surface area contributed by atoms with Crippen molar-refractivity contribution in [2.24, 2.45) is 16.6 Å². The van der Waals surface area contributed by atoms with Crippen molar-refractivity contribution in [1.82, 2.24) is 4.90 Å². The number of benzene rings is 1. The minimum Gasteiger partial charge on any atom is -0.489 e. The van der Waals surface area contributed by atoms with Crippen LogP contribution in [0.5, 0.6) is 5.75 Å². The molecule has 5 fully saturated rings. The fraction of sp³-hybridized carbons (Fsp3) is 0.654. The Bertz CT molecular complexity index is 849. The molecule has 33 heavy (non-hydrogen) atoms. The first kappa shape index (κ1) is 24.5. The van der Waals surface area contributed by atoms with Crippen LogP contribution in [-0.2, 0) is 14.9 Å². The number of nitrogens with two attached hydrogens (primary N) is 1. The van der Waals surface area contributed by atoms with E-state index in [4.69, 9.17) is 15.2 Å². The first-order valence-electron chi connectivity index (χ1n) is 12.1. The van der Waals surface area contributed by atoms with Crippen LogP contribution in [0.25, 0.3) is 0 Å². The van der Waals surface area contributed by atoms with Gasteiger partial charge in [0.1, 0.15) is 12.4 Å². The molecule has 7 heteroatoms. The number of fused-ring (bicyclic) bond motifs is 3. The predicted molar refractivity (Wildman–Crippen MR) is 128 cm³/mol. The van der Waals surface area contributed by atoms with Crippen molar-refractivity contribution >= 4 is 18.3 Å². The summed E-state index contributed by atoms with van der Waals surface area (Å²) in [5, 5.41) is 0. The Morgan fingerprint density at radius 2 is 1.64 bits per heavy atom. The highest BCUT2D eigenvalue weighted by Gasteiger charge is 2.56. The lowest BCUT2D eigenvalue weighted by molar-refractivity contribution is -0.167. The van der Waals surface area contributed by atoms with Crippen LogP contribution in [0, 0.1) is 10.8 Å². The number of ether oxygens (including phenoxy) is 2. The number of likely N-dealkylation sites (tertiary alicyclic amines) is 1. The van der Waals surface area contributed by atoms with Crippen LogP contribution >= 0.6 is 12.4 Å². The molecule has 2 heterocycles. The van der Waals surface area contributed by atoms with Gasteiger partial charge in [0.15, 0.2) is 0 Å². The molecule has 3 saturated carbocycles. The molecule has 5 nitrogen and oxygen atoms in total. The van der Waals surface area contributed by atoms with Crippen molar-refractivity contribution in [2.75, 3.05) is 39.5 Å². The Balaban J connectivity index is 0.00000259. The van der Waals surface area contributed by atoms with Gasteiger partial charge in [0, 0.05) is 49.3 Å². The maximum absolute atomic E-state index is 13.5. The van der Waals surface area contributed by atoms with E-state index in [9.17, 15) is 9.18 Å². The van der Waals surface area contributed by atoms with Crippen LogP contribution in [0.3, 0.4) is 0 Å². The molecule has 3 aliphatic carbocycles. The normalized spacial score (nSPS) is 30.5. The summed E-state index contributed by atoms with van der Waals surface area (Å²) in [6, 6.07) is 8.26. The predicted octanol–water partition coefficient (Wildman–Crippen LogP) is 4.53. The Morgan fingerprint density at radius 1 is 1.03 bits per heavy atom. The molecule has 2 aliphatic heterocycles. The van der Waals surface area contributed by atoms with Gasteiger partial charge < -0.3 is 20.1 Å². The van der Waals surface area contributed by atoms with Crippen LogP contribution in [0.4, 0.5) is 4.39 Å². The fourth-order valence-electron chi connectivity index (χ4n) is 6.52. The third-order valence-corrected chi connectivity index (χ3v) is 8.90. The first-order chi connectivity index (χ1) is 15.5. The van der Waals surface area contributed by atoms with Gasteiger partial charge in [0.2, 0.25) is 5.91 Å². The lowest BCUT2D eigenvalue weighted by Crippen LogP contribution is -2.64. The monoisotopic (exact) mass is 478 g/mol. The molecule has 0 aromatic heterocycles. The number of carbonyl (C=O) groups excluding carboxylic acids is 1. The van der Waals surface area contributed by atoms with Gasteiger partial charge in [0.05, 0.1) is 6.33 Å². The van der Waals surface area contributed by atoms with Gasteiger partial charge in [-0.25, -0.2) is 4.39 Å². The van der Waals surface area contributed by atoms with Crippen molar-refractivity contribution in [1.29, 1.82) is 0 Å². The molecular weight excluding hydrogens is 443 g/mol. The highest BCUT2D eigenvalue weighted by Crippen LogP contribution is 2.59. The third kappa shape index (κ3) is 4.42. The summed E-state index contributed by atoms with van der Waals surface area (Å²) in [5.41, 5.74) is 7.66. The standard InChI is InChI=1S/C26H35FN2O3.ClH/c27-15-20(16-28)17-32-22-3-1-21(2-4-22)25-5-8-26(9-6-25,10-7-25)23(30)29-18-24(19-29)11-13-31-14-12-24;/h1-4,15H,5-14,16-19,28H2;1H. The van der Waals surface area contributed by atoms with E-state index in [1.54, 1.807) is 0 Å². The van der Waals surface area contributed by atoms with Crippen LogP contribution in [0.15, 0.2) is 36.2 Å². The van der Waals surface area contributed by atoms with Gasteiger partial charge in [-0.1, -0.05) is 12.1 Å². The molecule has 0 unspecified atom stereocenters. The Morgan fingerprint density at radius 3 is 2.18 bits per heavy atom. The van der Waals surface area contributed by atoms with E-state index >= 15 is 0 Å². The quantitative estimate of drug-likeness (QED) is 0.652. The lowest BCUT2D eigenvalue weighted by Gasteiger charge is -2.58. The second-order valence-electron chi connectivity index (χ2n) is 10.6. The second-order valence-corrected chi connectivity index (χ2v) is 10.6. The van der Waals surface area contributed by atoms with Gasteiger partial charge in [-0.15, -0.1) is 12.4 Å². The summed E-state index contributed by atoms with van der Waals surface area (Å²) >= 11 is 0. The summed E-state index contributed by atoms with van der Waals surface area (Å²) in [6.07, 6.45) is 8.95. The smallest absolute Gasteiger partial charge is 0.228 e. The topological polar surface area (TPSA) is 64.8 Å². The van der Waals surface area contributed by atoms with Gasteiger partial charge in [-0.2, -0.15) is 0 Å². The number of hydrogen-bond acceptors (Lipinski definition) is 4. The zero-order chi connectivity index (χ0) is 22.2. The van der Waals surface area contributed by atoms with E-state index in [1.165, 1.54) is 5.56 Å². The van der Waals surface area contributed by atoms with Crippen molar-refractivity contribution in [2.45, 2.75) is 56.8 Å². The molecule has 2 bridgehead atoms. The zero-order valence-electron chi connectivity index (χ0n) is 19.3. The molecule has 1 amide bonds. The molecule has 1 aromatic rings. The molecule has 2 saturated heterocycles. The molecule has 182 valence electrons. The number of halogens is 2. The summed E-state index contributed by atoms with van der Waals surface area (Å²) in [6.45, 7) is 3.90. The SMILES string of the molecule is Cl.NCC(=CF)COc1ccc(C23CCC(C(=O)N4CC5(CCOCC5)C4)(CC2)CC3)cc1. The Labute approximate surface area is 202 Å². The largest absolute Gasteiger partial charge is 0.489 e. The van der Waals surface area contributed by atoms with Crippen LogP contribution in [0.2, 0.25) is 0 Å². The van der Waals surface area contributed by atoms with Crippen molar-refractivity contribution in [3.8, 4) is 5.75 Å². The second kappa shape index (κ2) is 9.55. The molecule has 0 radical (unpaired) electrons. The van der Waals surface area contributed by atoms with E-state index in [0.717, 1.165) is 83.4 Å². The summed E-state index contributed by atoms with van der Waals surface area (Å²) in [4.78, 5) is 15.6. The van der Waals surface area contributed by atoms with Crippen LogP contribution in [0.1, 0.15) is 56.9 Å². The Kier molecular flexibility index (Phi) is 7.09. The van der Waals surface area contributed by atoms with Gasteiger partial charge in [0.25, 0.3) is 0 Å². The van der Waals surface area contributed by atoms with Crippen molar-refractivity contribution < 1.29 is 18.7 Å². The van der Waals surface area contributed by atoms with E-state index in [-0.39, 0.29) is 36.4 Å². The molecule has 5 aliphatic rings. The number of carbonyl (C=O) groups is 1. The van der Waals surface area contributed by atoms with Crippen molar-refractivity contribution in [3.05, 3.63) is 41.7 Å². The molecule has 1 spiro atoms. The zero-order valence-corrected chi connectivity index (χ0v) is 20.1. The van der Waals surface area contributed by atoms with Crippen molar-refractivity contribution in [3.63, 3.8) is 0 Å². The highest BCUT2D eigenvalue weighted by molar-refractivity contribution is 5.85. The van der Waals surface area contributed by atoms with E-state index in [2.05, 4.69) is 17.0 Å². The minimum absolute atomic E-state index is 0. The number of rotatable bonds is 6. The van der Waals surface area contributed by atoms with E-state index in [1.807, 2.05) is 12.1 Å². The fourth-order valence-corrected chi connectivity index (χ4v) is 6.52. The third-order valence-electron chi connectivity index (χ3n) is 8.90. The molecule has 1 aromatic carbocycles. The maximum Gasteiger partial charge on any atom is 0.228 e. The average molecular weight is 479 g/mol. The average Bonchev–Trinajstić information content (AvgIpc) is 2.84. The summed E-state index contributed by atoms with van der Waals surface area (Å²) in [7, 11) is 0. The van der Waals surface area contributed by atoms with Crippen LogP contribution < -0.4 is 10.5 Å². The van der Waals surface area contributed by atoms with E-state index in [0.29, 0.717) is 23.2 Å². The Hall–Kier alpha value is -1.63. The number of nitrogens with zero attached hydrogens (tertiary/aromatic N) is 1. The van der Waals surface area contributed by atoms with Gasteiger partial charge in [-0.3, -0.25) is 4.79 Å². The molecule has 0 atom stereocenters. The lowest BCUT2D eigenvalue weighted by atomic mass is 9.51. The molecule has 2 N–H and O–H groups in total. The van der Waals surface area contributed by atoms with E-state index < -0.39 is 0 Å². The summed E-state index contributed by atoms with van der Waals surface area (Å²) < 4.78 is 23.9. The molecular formula is C26H36ClFN2O3. The number of amides is 1. The van der Waals surface area contributed by atoms with Gasteiger partial charge in [-0.05, 0) is 74.5 Å². The number of hydrogen-bond donors (Lipinski definition) is 1. The highest BCUT2D eigenvalue weighted by atomic mass is 35.5. The maximum atomic E-state index is 13.5. The van der Waals surface area contributed by atoms with Crippen LogP contribution in [-0.4, -0.2) is 50.3 Å². The first-order valence-corrected chi connectivity index (χ1v) is 12.1. The molecule has 6 rings (SSSR count). The van der Waals surface area contributed by atoms with Gasteiger partial charge >= 0.3 is 0 Å². The summed E-state index contributed by atoms with van der Waals surface area (Å²) in [5.74, 6) is 1.15. The minimum atomic E-state index is -0.130.